The molecule has 0 aromatic rings. The molecule has 0 aromatic carbocycles. The molecule has 2 aliphatic heterocycles. The molecule has 3 atom stereocenters. The van der Waals surface area contributed by atoms with E-state index in [-0.39, 0.29) is 11.3 Å². The first-order chi connectivity index (χ1) is 9.97. The van der Waals surface area contributed by atoms with Crippen molar-refractivity contribution in [2.24, 2.45) is 11.1 Å². The number of nitrogens with zero attached hydrogens (tertiary/aromatic N) is 1. The van der Waals surface area contributed by atoms with Crippen molar-refractivity contribution >= 4 is 29.6 Å². The molecule has 2 rings (SSSR count). The fraction of sp³-hybridized carbons (Fsp3) is 0.786. The van der Waals surface area contributed by atoms with Crippen LogP contribution in [0.15, 0.2) is 0 Å². The number of hydrogen-bond acceptors (Lipinski definition) is 7. The van der Waals surface area contributed by atoms with Crippen molar-refractivity contribution in [3.8, 4) is 0 Å². The van der Waals surface area contributed by atoms with E-state index < -0.39 is 41.0 Å². The number of carbonyl (C=O) groups is 3. The Morgan fingerprint density at radius 1 is 1.32 bits per heavy atom. The summed E-state index contributed by atoms with van der Waals surface area (Å²) in [5.74, 6) is -1.29. The summed E-state index contributed by atoms with van der Waals surface area (Å²) in [6, 6.07) is -1.29. The molecule has 2 N–H and O–H groups in total. The Hall–Kier alpha value is -1.28. The van der Waals surface area contributed by atoms with Crippen LogP contribution in [0.3, 0.4) is 0 Å². The molecule has 0 unspecified atom stereocenters. The molecule has 1 amide bonds. The van der Waals surface area contributed by atoms with Crippen molar-refractivity contribution in [3.05, 3.63) is 0 Å². The first kappa shape index (κ1) is 17.1. The van der Waals surface area contributed by atoms with Gasteiger partial charge in [-0.15, -0.1) is 11.8 Å². The fourth-order valence-corrected chi connectivity index (χ4v) is 4.02. The smallest absolute Gasteiger partial charge is 0.333 e. The van der Waals surface area contributed by atoms with E-state index in [2.05, 4.69) is 0 Å². The second kappa shape index (κ2) is 5.42. The van der Waals surface area contributed by atoms with Gasteiger partial charge in [0.05, 0.1) is 5.41 Å². The maximum absolute atomic E-state index is 12.3. The summed E-state index contributed by atoms with van der Waals surface area (Å²) in [6.45, 7) is 8.40. The van der Waals surface area contributed by atoms with Crippen molar-refractivity contribution in [2.75, 3.05) is 6.79 Å². The van der Waals surface area contributed by atoms with Crippen LogP contribution in [0.2, 0.25) is 0 Å². The molecule has 0 spiro atoms. The predicted octanol–water partition coefficient (Wildman–Crippen LogP) is 0.466. The van der Waals surface area contributed by atoms with Gasteiger partial charge in [0.25, 0.3) is 0 Å². The molecule has 0 radical (unpaired) electrons. The Labute approximate surface area is 133 Å². The lowest BCUT2D eigenvalue weighted by molar-refractivity contribution is -0.179. The van der Waals surface area contributed by atoms with E-state index in [0.29, 0.717) is 0 Å². The molecule has 2 heterocycles. The maximum Gasteiger partial charge on any atom is 0.333 e. The summed E-state index contributed by atoms with van der Waals surface area (Å²) in [7, 11) is 0. The fourth-order valence-electron chi connectivity index (χ4n) is 2.46. The maximum atomic E-state index is 12.3. The molecule has 2 aliphatic rings. The zero-order valence-electron chi connectivity index (χ0n) is 13.4. The summed E-state index contributed by atoms with van der Waals surface area (Å²) in [4.78, 5) is 37.2. The van der Waals surface area contributed by atoms with Crippen LogP contribution in [0.5, 0.6) is 0 Å². The van der Waals surface area contributed by atoms with Gasteiger partial charge in [0.2, 0.25) is 12.7 Å². The molecule has 124 valence electrons. The third-order valence-electron chi connectivity index (χ3n) is 3.71. The van der Waals surface area contributed by atoms with E-state index in [0.717, 1.165) is 0 Å². The number of fused-ring (bicyclic) bond motifs is 1. The number of nitrogens with two attached hydrogens (primary N) is 1. The number of esters is 2. The Bertz CT molecular complexity index is 514. The third kappa shape index (κ3) is 2.81. The van der Waals surface area contributed by atoms with Crippen LogP contribution >= 0.6 is 11.8 Å². The number of rotatable bonds is 3. The highest BCUT2D eigenvalue weighted by molar-refractivity contribution is 8.01. The van der Waals surface area contributed by atoms with Crippen molar-refractivity contribution in [2.45, 2.75) is 56.8 Å². The highest BCUT2D eigenvalue weighted by atomic mass is 32.2. The van der Waals surface area contributed by atoms with E-state index in [4.69, 9.17) is 15.2 Å². The van der Waals surface area contributed by atoms with Gasteiger partial charge in [0.1, 0.15) is 17.5 Å². The lowest BCUT2D eigenvalue weighted by Gasteiger charge is -2.41. The average Bonchev–Trinajstić information content (AvgIpc) is 2.65. The van der Waals surface area contributed by atoms with Gasteiger partial charge >= 0.3 is 11.9 Å². The number of thioether (sulfide) groups is 1. The molecule has 0 saturated carbocycles. The number of amides is 1. The number of hydrogen-bond donors (Lipinski definition) is 1. The van der Waals surface area contributed by atoms with Gasteiger partial charge < -0.3 is 20.1 Å². The minimum absolute atomic E-state index is 0.197. The molecule has 0 bridgehead atoms. The summed E-state index contributed by atoms with van der Waals surface area (Å²) >= 11 is 1.48. The lowest BCUT2D eigenvalue weighted by Crippen LogP contribution is -2.68. The van der Waals surface area contributed by atoms with E-state index >= 15 is 0 Å². The Kier molecular flexibility index (Phi) is 4.20. The van der Waals surface area contributed by atoms with Gasteiger partial charge in [-0.25, -0.2) is 4.79 Å². The zero-order valence-corrected chi connectivity index (χ0v) is 14.2. The molecule has 2 fully saturated rings. The molecule has 2 saturated heterocycles. The number of β-lactam (4-membered cyclic amide) rings is 1. The van der Waals surface area contributed by atoms with Crippen molar-refractivity contribution in [3.63, 3.8) is 0 Å². The van der Waals surface area contributed by atoms with E-state index in [9.17, 15) is 14.4 Å². The van der Waals surface area contributed by atoms with Gasteiger partial charge in [-0.2, -0.15) is 0 Å². The van der Waals surface area contributed by atoms with Gasteiger partial charge in [0.15, 0.2) is 0 Å². The van der Waals surface area contributed by atoms with Crippen LogP contribution in [-0.4, -0.2) is 51.7 Å². The second-order valence-corrected chi connectivity index (χ2v) is 8.82. The molecule has 22 heavy (non-hydrogen) atoms. The van der Waals surface area contributed by atoms with Crippen LogP contribution in [0.25, 0.3) is 0 Å². The third-order valence-corrected chi connectivity index (χ3v) is 5.30. The van der Waals surface area contributed by atoms with Crippen LogP contribution in [0.4, 0.5) is 0 Å². The number of carbonyl (C=O) groups excluding carboxylic acids is 3. The largest absolute Gasteiger partial charge is 0.427 e. The van der Waals surface area contributed by atoms with E-state index in [1.807, 2.05) is 13.8 Å². The molecule has 0 aliphatic carbocycles. The predicted molar refractivity (Wildman–Crippen MR) is 80.6 cm³/mol. The van der Waals surface area contributed by atoms with Crippen molar-refractivity contribution in [1.82, 2.24) is 4.90 Å². The molecule has 7 nitrogen and oxygen atoms in total. The lowest BCUT2D eigenvalue weighted by atomic mass is 9.96. The van der Waals surface area contributed by atoms with Crippen LogP contribution in [-0.2, 0) is 23.9 Å². The van der Waals surface area contributed by atoms with Crippen molar-refractivity contribution < 1.29 is 23.9 Å². The minimum atomic E-state index is -0.719. The summed E-state index contributed by atoms with van der Waals surface area (Å²) in [5.41, 5.74) is 5.08. The Morgan fingerprint density at radius 3 is 2.45 bits per heavy atom. The second-order valence-electron chi connectivity index (χ2n) is 7.05. The monoisotopic (exact) mass is 330 g/mol. The molecule has 8 heteroatoms. The Balaban J connectivity index is 1.95. The first-order valence-corrected chi connectivity index (χ1v) is 7.94. The van der Waals surface area contributed by atoms with E-state index in [1.165, 1.54) is 16.7 Å². The summed E-state index contributed by atoms with van der Waals surface area (Å²) in [5, 5.41) is -0.197. The molecule has 0 aromatic heterocycles. The normalized spacial score (nSPS) is 29.6. The van der Waals surface area contributed by atoms with E-state index in [1.54, 1.807) is 20.8 Å². The minimum Gasteiger partial charge on any atom is -0.427 e. The molecular weight excluding hydrogens is 308 g/mol. The van der Waals surface area contributed by atoms with Gasteiger partial charge in [-0.3, -0.25) is 9.59 Å². The van der Waals surface area contributed by atoms with Crippen LogP contribution < -0.4 is 5.73 Å². The highest BCUT2D eigenvalue weighted by Crippen LogP contribution is 2.50. The summed E-state index contributed by atoms with van der Waals surface area (Å²) < 4.78 is 9.45. The average molecular weight is 330 g/mol. The first-order valence-electron chi connectivity index (χ1n) is 7.06. The Morgan fingerprint density at radius 2 is 1.91 bits per heavy atom. The van der Waals surface area contributed by atoms with Gasteiger partial charge in [-0.05, 0) is 34.6 Å². The molecular formula is C14H22N2O5S. The van der Waals surface area contributed by atoms with Gasteiger partial charge in [0, 0.05) is 4.75 Å². The SMILES string of the molecule is CC(C)(C)C(=O)OCOC(=O)[C@@H]1N2C(=O)[C@@H](N)[C@H]2SC1(C)C. The number of ether oxygens (including phenoxy) is 2. The van der Waals surface area contributed by atoms with Crippen LogP contribution in [0, 0.1) is 5.41 Å². The summed E-state index contributed by atoms with van der Waals surface area (Å²) in [6.07, 6.45) is 0. The van der Waals surface area contributed by atoms with Crippen molar-refractivity contribution in [1.29, 1.82) is 0 Å². The quantitative estimate of drug-likeness (QED) is 0.456. The van der Waals surface area contributed by atoms with Gasteiger partial charge in [-0.1, -0.05) is 0 Å². The zero-order chi connectivity index (χ0) is 16.9. The van der Waals surface area contributed by atoms with Crippen LogP contribution in [0.1, 0.15) is 34.6 Å². The topological polar surface area (TPSA) is 98.9 Å². The standard InChI is InChI=1S/C14H22N2O5S/c1-13(2,3)12(19)21-6-20-11(18)8-14(4,5)22-10-7(15)9(17)16(8)10/h7-8,10H,6,15H2,1-5H3/t7-,8+,10-/m1/s1. The highest BCUT2D eigenvalue weighted by Gasteiger charge is 2.63.